The molecule has 126 valence electrons. The van der Waals surface area contributed by atoms with E-state index in [0.29, 0.717) is 16.8 Å². The van der Waals surface area contributed by atoms with Gasteiger partial charge < -0.3 is 4.74 Å². The van der Waals surface area contributed by atoms with Crippen molar-refractivity contribution in [3.8, 4) is 11.4 Å². The van der Waals surface area contributed by atoms with Crippen LogP contribution in [0.15, 0.2) is 30.3 Å². The Morgan fingerprint density at radius 2 is 1.92 bits per heavy atom. The van der Waals surface area contributed by atoms with Gasteiger partial charge in [0.25, 0.3) is 0 Å². The number of fused-ring (bicyclic) bond motifs is 1. The first kappa shape index (κ1) is 16.3. The van der Waals surface area contributed by atoms with Crippen molar-refractivity contribution in [2.24, 2.45) is 0 Å². The van der Waals surface area contributed by atoms with Gasteiger partial charge in [0.2, 0.25) is 10.9 Å². The minimum atomic E-state index is -2.85. The van der Waals surface area contributed by atoms with Crippen LogP contribution in [-0.2, 0) is 17.4 Å². The fourth-order valence-electron chi connectivity index (χ4n) is 2.27. The second kappa shape index (κ2) is 6.49. The van der Waals surface area contributed by atoms with E-state index in [1.807, 2.05) is 0 Å². The highest BCUT2D eigenvalue weighted by atomic mass is 32.2. The van der Waals surface area contributed by atoms with E-state index in [9.17, 15) is 17.2 Å². The molecule has 1 aromatic heterocycles. The van der Waals surface area contributed by atoms with Crippen LogP contribution < -0.4 is 9.46 Å². The summed E-state index contributed by atoms with van der Waals surface area (Å²) in [4.78, 5) is 0. The zero-order valence-corrected chi connectivity index (χ0v) is 13.3. The Balaban J connectivity index is 2.06. The Labute approximate surface area is 136 Å². The quantitative estimate of drug-likeness (QED) is 0.675. The summed E-state index contributed by atoms with van der Waals surface area (Å²) in [6.07, 6.45) is 0. The maximum atomic E-state index is 14.3. The number of methoxy groups -OCH3 is 1. The predicted molar refractivity (Wildman–Crippen MR) is 82.5 cm³/mol. The highest BCUT2D eigenvalue weighted by Gasteiger charge is 2.17. The van der Waals surface area contributed by atoms with Gasteiger partial charge in [-0.1, -0.05) is 5.21 Å². The van der Waals surface area contributed by atoms with Gasteiger partial charge in [-0.3, -0.25) is 0 Å². The van der Waals surface area contributed by atoms with Crippen molar-refractivity contribution < 1.29 is 21.9 Å². The molecule has 1 N–H and O–H groups in total. The van der Waals surface area contributed by atoms with Crippen molar-refractivity contribution in [3.05, 3.63) is 47.5 Å². The van der Waals surface area contributed by atoms with E-state index < -0.39 is 28.2 Å². The van der Waals surface area contributed by atoms with Crippen LogP contribution in [0.25, 0.3) is 16.7 Å². The first-order valence-corrected chi connectivity index (χ1v) is 7.93. The van der Waals surface area contributed by atoms with E-state index in [1.54, 1.807) is 18.2 Å². The molecule has 0 atom stereocenters. The molecule has 24 heavy (non-hydrogen) atoms. The lowest BCUT2D eigenvalue weighted by molar-refractivity contribution is 0.415. The molecule has 0 aliphatic carbocycles. The number of halogens is 2. The summed E-state index contributed by atoms with van der Waals surface area (Å²) in [5.74, 6) is -1.21. The average molecular weight is 354 g/mol. The molecule has 0 unspecified atom stereocenters. The molecular formula is C14H12F2N4O3S. The molecule has 0 amide bonds. The second-order valence-corrected chi connectivity index (χ2v) is 5.69. The van der Waals surface area contributed by atoms with Crippen LogP contribution >= 0.6 is 0 Å². The fourth-order valence-corrected chi connectivity index (χ4v) is 2.59. The summed E-state index contributed by atoms with van der Waals surface area (Å²) in [7, 11) is -1.36. The van der Waals surface area contributed by atoms with Gasteiger partial charge >= 0.3 is 0 Å². The van der Waals surface area contributed by atoms with Crippen LogP contribution in [0.3, 0.4) is 0 Å². The van der Waals surface area contributed by atoms with E-state index in [4.69, 9.17) is 4.74 Å². The Morgan fingerprint density at radius 3 is 2.54 bits per heavy atom. The summed E-state index contributed by atoms with van der Waals surface area (Å²) in [5.41, 5.74) is 0.585. The van der Waals surface area contributed by atoms with Crippen LogP contribution in [0.1, 0.15) is 5.56 Å². The third-order valence-corrected chi connectivity index (χ3v) is 3.77. The summed E-state index contributed by atoms with van der Waals surface area (Å²) in [6, 6.07) is 6.89. The first-order valence-electron chi connectivity index (χ1n) is 6.75. The number of rotatable bonds is 5. The van der Waals surface area contributed by atoms with E-state index >= 15 is 0 Å². The van der Waals surface area contributed by atoms with Gasteiger partial charge in [0.05, 0.1) is 12.6 Å². The fraction of sp³-hybridized carbons (Fsp3) is 0.143. The molecule has 0 spiro atoms. The summed E-state index contributed by atoms with van der Waals surface area (Å²) in [5, 5.41) is 7.66. The monoisotopic (exact) mass is 354 g/mol. The molecule has 2 aromatic carbocycles. The minimum Gasteiger partial charge on any atom is -0.497 e. The van der Waals surface area contributed by atoms with Crippen molar-refractivity contribution in [1.82, 2.24) is 19.7 Å². The molecular weight excluding hydrogens is 342 g/mol. The molecule has 3 aromatic rings. The average Bonchev–Trinajstić information content (AvgIpc) is 2.95. The largest absolute Gasteiger partial charge is 0.497 e. The van der Waals surface area contributed by atoms with Crippen LogP contribution in [0.2, 0.25) is 0 Å². The lowest BCUT2D eigenvalue weighted by Crippen LogP contribution is -2.12. The molecule has 0 aliphatic heterocycles. The number of aromatic nitrogens is 3. The summed E-state index contributed by atoms with van der Waals surface area (Å²) >= 11 is 0. The molecule has 0 saturated carbocycles. The van der Waals surface area contributed by atoms with Crippen molar-refractivity contribution in [2.45, 2.75) is 6.54 Å². The van der Waals surface area contributed by atoms with E-state index in [-0.39, 0.29) is 12.1 Å². The van der Waals surface area contributed by atoms with Crippen molar-refractivity contribution in [3.63, 3.8) is 0 Å². The third-order valence-electron chi connectivity index (χ3n) is 3.35. The molecule has 10 heteroatoms. The normalized spacial score (nSPS) is 11.3. The lowest BCUT2D eigenvalue weighted by Gasteiger charge is -2.08. The van der Waals surface area contributed by atoms with Crippen LogP contribution in [0, 0.1) is 11.6 Å². The van der Waals surface area contributed by atoms with Crippen LogP contribution in [0.5, 0.6) is 5.75 Å². The Morgan fingerprint density at radius 1 is 1.21 bits per heavy atom. The smallest absolute Gasteiger partial charge is 0.201 e. The molecule has 3 rings (SSSR count). The van der Waals surface area contributed by atoms with Crippen molar-refractivity contribution in [2.75, 3.05) is 7.11 Å². The van der Waals surface area contributed by atoms with Crippen LogP contribution in [0.4, 0.5) is 8.78 Å². The number of nitrogens with zero attached hydrogens (tertiary/aromatic N) is 3. The van der Waals surface area contributed by atoms with Gasteiger partial charge in [0.1, 0.15) is 17.0 Å². The second-order valence-electron chi connectivity index (χ2n) is 4.86. The first-order chi connectivity index (χ1) is 11.5. The highest BCUT2D eigenvalue weighted by Crippen LogP contribution is 2.25. The molecule has 0 radical (unpaired) electrons. The van der Waals surface area contributed by atoms with Crippen LogP contribution in [-0.4, -0.2) is 30.5 Å². The SMILES string of the molecule is COc1ccc2c(c1)nnn2-c1c(F)cc(CN[SH](=O)=O)cc1F. The number of benzene rings is 2. The topological polar surface area (TPSA) is 86.1 Å². The molecule has 0 bridgehead atoms. The van der Waals surface area contributed by atoms with Gasteiger partial charge in [-0.05, 0) is 29.8 Å². The number of thiol groups is 1. The highest BCUT2D eigenvalue weighted by molar-refractivity contribution is 7.70. The van der Waals surface area contributed by atoms with E-state index in [0.717, 1.165) is 16.8 Å². The molecule has 1 heterocycles. The molecule has 7 nitrogen and oxygen atoms in total. The number of hydrogen-bond donors (Lipinski definition) is 2. The predicted octanol–water partition coefficient (Wildman–Crippen LogP) is 1.32. The minimum absolute atomic E-state index is 0.152. The van der Waals surface area contributed by atoms with E-state index in [1.165, 1.54) is 7.11 Å². The molecule has 0 fully saturated rings. The van der Waals surface area contributed by atoms with Gasteiger partial charge in [-0.25, -0.2) is 26.6 Å². The third kappa shape index (κ3) is 3.05. The summed E-state index contributed by atoms with van der Waals surface area (Å²) in [6.45, 7) is -0.206. The zero-order valence-electron chi connectivity index (χ0n) is 12.4. The van der Waals surface area contributed by atoms with Gasteiger partial charge in [-0.2, -0.15) is 0 Å². The van der Waals surface area contributed by atoms with Gasteiger partial charge in [-0.15, -0.1) is 5.10 Å². The number of nitrogens with one attached hydrogen (secondary N) is 1. The molecule has 0 saturated heterocycles. The summed E-state index contributed by atoms with van der Waals surface area (Å²) < 4.78 is 57.9. The Hall–Kier alpha value is -2.59. The van der Waals surface area contributed by atoms with E-state index in [2.05, 4.69) is 15.0 Å². The Kier molecular flexibility index (Phi) is 4.40. The lowest BCUT2D eigenvalue weighted by atomic mass is 10.2. The standard InChI is InChI=1S/C14H12F2N4O3S/c1-23-9-2-3-13-12(6-9)18-19-20(13)14-10(15)4-8(5-11(14)16)7-17-24(21)22/h2-6,24H,7H2,1H3,(H,17,21,22). The maximum Gasteiger partial charge on any atom is 0.201 e. The zero-order chi connectivity index (χ0) is 17.3. The number of ether oxygens (including phenoxy) is 1. The maximum absolute atomic E-state index is 14.3. The van der Waals surface area contributed by atoms with Gasteiger partial charge in [0, 0.05) is 12.6 Å². The molecule has 0 aliphatic rings. The van der Waals surface area contributed by atoms with Gasteiger partial charge in [0.15, 0.2) is 11.6 Å². The Bertz CT molecular complexity index is 956. The van der Waals surface area contributed by atoms with Crippen molar-refractivity contribution in [1.29, 1.82) is 0 Å². The van der Waals surface area contributed by atoms with Crippen molar-refractivity contribution >= 4 is 21.9 Å². The number of hydrogen-bond acceptors (Lipinski definition) is 5.